The van der Waals surface area contributed by atoms with Crippen LogP contribution in [0.15, 0.2) is 60.9 Å². The van der Waals surface area contributed by atoms with Gasteiger partial charge in [-0.05, 0) is 30.3 Å². The number of methoxy groups -OCH3 is 2. The zero-order chi connectivity index (χ0) is 19.1. The molecular formula is C20H20N4O3. The molecule has 0 aliphatic carbocycles. The maximum Gasteiger partial charge on any atom is 0.337 e. The number of ether oxygens (including phenoxy) is 2. The van der Waals surface area contributed by atoms with Crippen molar-refractivity contribution in [3.05, 3.63) is 72.1 Å². The van der Waals surface area contributed by atoms with Gasteiger partial charge in [0.1, 0.15) is 23.7 Å². The molecule has 27 heavy (non-hydrogen) atoms. The molecule has 3 aromatic rings. The van der Waals surface area contributed by atoms with Crippen molar-refractivity contribution in [2.75, 3.05) is 24.9 Å². The number of anilines is 3. The minimum Gasteiger partial charge on any atom is -0.496 e. The lowest BCUT2D eigenvalue weighted by atomic mass is 10.2. The van der Waals surface area contributed by atoms with Crippen LogP contribution in [0.5, 0.6) is 5.75 Å². The Hall–Kier alpha value is -3.61. The van der Waals surface area contributed by atoms with Crippen molar-refractivity contribution in [2.45, 2.75) is 6.54 Å². The van der Waals surface area contributed by atoms with E-state index in [-0.39, 0.29) is 5.97 Å². The minimum absolute atomic E-state index is 0.369. The average molecular weight is 364 g/mol. The van der Waals surface area contributed by atoms with Gasteiger partial charge < -0.3 is 20.1 Å². The summed E-state index contributed by atoms with van der Waals surface area (Å²) in [7, 11) is 3.01. The van der Waals surface area contributed by atoms with Crippen LogP contribution in [0.25, 0.3) is 0 Å². The second-order valence-corrected chi connectivity index (χ2v) is 5.65. The summed E-state index contributed by atoms with van der Waals surface area (Å²) in [6, 6.07) is 16.6. The number of nitrogens with one attached hydrogen (secondary N) is 2. The van der Waals surface area contributed by atoms with Crippen LogP contribution in [-0.2, 0) is 11.3 Å². The molecule has 7 heteroatoms. The van der Waals surface area contributed by atoms with Gasteiger partial charge in [0.25, 0.3) is 0 Å². The molecule has 0 spiro atoms. The highest BCUT2D eigenvalue weighted by atomic mass is 16.5. The maximum atomic E-state index is 11.5. The van der Waals surface area contributed by atoms with E-state index in [1.807, 2.05) is 30.3 Å². The number of carbonyl (C=O) groups is 1. The molecule has 0 radical (unpaired) electrons. The second kappa shape index (κ2) is 8.66. The van der Waals surface area contributed by atoms with Crippen molar-refractivity contribution in [1.82, 2.24) is 9.97 Å². The first-order chi connectivity index (χ1) is 13.2. The SMILES string of the molecule is COC(=O)c1ccc(Nc2cc(NCc3ccccc3OC)ncn2)cc1. The lowest BCUT2D eigenvalue weighted by Gasteiger charge is -2.11. The van der Waals surface area contributed by atoms with Crippen molar-refractivity contribution >= 4 is 23.3 Å². The van der Waals surface area contributed by atoms with Crippen LogP contribution in [0.1, 0.15) is 15.9 Å². The lowest BCUT2D eigenvalue weighted by molar-refractivity contribution is 0.0601. The van der Waals surface area contributed by atoms with Crippen LogP contribution in [0, 0.1) is 0 Å². The molecule has 138 valence electrons. The van der Waals surface area contributed by atoms with E-state index in [9.17, 15) is 4.79 Å². The molecule has 3 rings (SSSR count). The van der Waals surface area contributed by atoms with Crippen LogP contribution in [0.3, 0.4) is 0 Å². The summed E-state index contributed by atoms with van der Waals surface area (Å²) < 4.78 is 10.0. The zero-order valence-corrected chi connectivity index (χ0v) is 15.1. The molecule has 7 nitrogen and oxygen atoms in total. The van der Waals surface area contributed by atoms with Gasteiger partial charge >= 0.3 is 5.97 Å². The van der Waals surface area contributed by atoms with Gasteiger partial charge in [-0.25, -0.2) is 14.8 Å². The van der Waals surface area contributed by atoms with Crippen molar-refractivity contribution in [3.8, 4) is 5.75 Å². The predicted molar refractivity (Wildman–Crippen MR) is 103 cm³/mol. The molecule has 0 saturated carbocycles. The van der Waals surface area contributed by atoms with Gasteiger partial charge in [0.15, 0.2) is 0 Å². The lowest BCUT2D eigenvalue weighted by Crippen LogP contribution is -2.04. The normalized spacial score (nSPS) is 10.1. The van der Waals surface area contributed by atoms with Gasteiger partial charge in [0.05, 0.1) is 19.8 Å². The van der Waals surface area contributed by atoms with E-state index in [4.69, 9.17) is 9.47 Å². The first kappa shape index (κ1) is 18.2. The Morgan fingerprint density at radius 2 is 1.74 bits per heavy atom. The third-order valence-corrected chi connectivity index (χ3v) is 3.90. The van der Waals surface area contributed by atoms with Gasteiger partial charge in [-0.3, -0.25) is 0 Å². The number of hydrogen-bond donors (Lipinski definition) is 2. The predicted octanol–water partition coefficient (Wildman–Crippen LogP) is 3.63. The Balaban J connectivity index is 1.66. The molecule has 0 aliphatic rings. The van der Waals surface area contributed by atoms with Crippen molar-refractivity contribution in [3.63, 3.8) is 0 Å². The quantitative estimate of drug-likeness (QED) is 0.619. The molecule has 0 amide bonds. The molecule has 0 bridgehead atoms. The smallest absolute Gasteiger partial charge is 0.337 e. The Labute approximate surface area is 157 Å². The van der Waals surface area contributed by atoms with E-state index >= 15 is 0 Å². The monoisotopic (exact) mass is 364 g/mol. The van der Waals surface area contributed by atoms with Crippen molar-refractivity contribution < 1.29 is 14.3 Å². The van der Waals surface area contributed by atoms with E-state index in [0.717, 1.165) is 17.0 Å². The fourth-order valence-corrected chi connectivity index (χ4v) is 2.51. The standard InChI is InChI=1S/C20H20N4O3/c1-26-17-6-4-3-5-15(17)12-21-18-11-19(23-13-22-18)24-16-9-7-14(8-10-16)20(25)27-2/h3-11,13H,12H2,1-2H3,(H2,21,22,23,24). The number of benzene rings is 2. The number of esters is 1. The van der Waals surface area contributed by atoms with Crippen LogP contribution in [0.2, 0.25) is 0 Å². The fourth-order valence-electron chi connectivity index (χ4n) is 2.51. The number of aromatic nitrogens is 2. The van der Waals surface area contributed by atoms with E-state index in [0.29, 0.717) is 23.7 Å². The molecular weight excluding hydrogens is 344 g/mol. The molecule has 0 saturated heterocycles. The Bertz CT molecular complexity index is 913. The topological polar surface area (TPSA) is 85.4 Å². The van der Waals surface area contributed by atoms with Crippen LogP contribution < -0.4 is 15.4 Å². The molecule has 1 heterocycles. The van der Waals surface area contributed by atoms with Gasteiger partial charge in [-0.1, -0.05) is 18.2 Å². The fraction of sp³-hybridized carbons (Fsp3) is 0.150. The van der Waals surface area contributed by atoms with Crippen LogP contribution in [0.4, 0.5) is 17.3 Å². The molecule has 0 unspecified atom stereocenters. The van der Waals surface area contributed by atoms with Gasteiger partial charge in [-0.2, -0.15) is 0 Å². The van der Waals surface area contributed by atoms with Crippen LogP contribution >= 0.6 is 0 Å². The largest absolute Gasteiger partial charge is 0.496 e. The highest BCUT2D eigenvalue weighted by molar-refractivity contribution is 5.89. The molecule has 1 aromatic heterocycles. The highest BCUT2D eigenvalue weighted by Gasteiger charge is 2.06. The molecule has 0 atom stereocenters. The van der Waals surface area contributed by atoms with E-state index in [2.05, 4.69) is 20.6 Å². The summed E-state index contributed by atoms with van der Waals surface area (Å²) in [5.74, 6) is 1.78. The summed E-state index contributed by atoms with van der Waals surface area (Å²) in [4.78, 5) is 19.9. The summed E-state index contributed by atoms with van der Waals surface area (Å²) in [6.45, 7) is 0.578. The number of para-hydroxylation sites is 1. The Kier molecular flexibility index (Phi) is 5.84. The number of nitrogens with zero attached hydrogens (tertiary/aromatic N) is 2. The molecule has 2 aromatic carbocycles. The Morgan fingerprint density at radius 1 is 1.00 bits per heavy atom. The number of rotatable bonds is 7. The second-order valence-electron chi connectivity index (χ2n) is 5.65. The van der Waals surface area contributed by atoms with Crippen molar-refractivity contribution in [1.29, 1.82) is 0 Å². The van der Waals surface area contributed by atoms with Crippen LogP contribution in [-0.4, -0.2) is 30.2 Å². The average Bonchev–Trinajstić information content (AvgIpc) is 2.72. The summed E-state index contributed by atoms with van der Waals surface area (Å²) >= 11 is 0. The van der Waals surface area contributed by atoms with E-state index in [1.165, 1.54) is 13.4 Å². The van der Waals surface area contributed by atoms with Crippen molar-refractivity contribution in [2.24, 2.45) is 0 Å². The molecule has 0 aliphatic heterocycles. The number of hydrogen-bond acceptors (Lipinski definition) is 7. The Morgan fingerprint density at radius 3 is 2.48 bits per heavy atom. The third-order valence-electron chi connectivity index (χ3n) is 3.90. The van der Waals surface area contributed by atoms with E-state index < -0.39 is 0 Å². The minimum atomic E-state index is -0.369. The maximum absolute atomic E-state index is 11.5. The summed E-state index contributed by atoms with van der Waals surface area (Å²) in [5.41, 5.74) is 2.33. The van der Waals surface area contributed by atoms with Gasteiger partial charge in [0, 0.05) is 23.9 Å². The molecule has 0 fully saturated rings. The number of carbonyl (C=O) groups excluding carboxylic acids is 1. The van der Waals surface area contributed by atoms with Gasteiger partial charge in [-0.15, -0.1) is 0 Å². The third kappa shape index (κ3) is 4.72. The molecule has 2 N–H and O–H groups in total. The first-order valence-electron chi connectivity index (χ1n) is 8.33. The summed E-state index contributed by atoms with van der Waals surface area (Å²) in [5, 5.41) is 6.44. The first-order valence-corrected chi connectivity index (χ1v) is 8.33. The highest BCUT2D eigenvalue weighted by Crippen LogP contribution is 2.20. The van der Waals surface area contributed by atoms with E-state index in [1.54, 1.807) is 31.4 Å². The van der Waals surface area contributed by atoms with Gasteiger partial charge in [0.2, 0.25) is 0 Å². The summed E-state index contributed by atoms with van der Waals surface area (Å²) in [6.07, 6.45) is 1.48. The zero-order valence-electron chi connectivity index (χ0n) is 15.1.